The van der Waals surface area contributed by atoms with Crippen LogP contribution in [0.2, 0.25) is 0 Å². The van der Waals surface area contributed by atoms with Gasteiger partial charge in [-0.05, 0) is 0 Å². The molecule has 3 nitrogen and oxygen atoms in total. The lowest BCUT2D eigenvalue weighted by atomic mass is 10.4. The Morgan fingerprint density at radius 2 is 2.20 bits per heavy atom. The first-order valence-corrected chi connectivity index (χ1v) is 2.34. The van der Waals surface area contributed by atoms with Crippen LogP contribution in [0.1, 0.15) is 0 Å². The summed E-state index contributed by atoms with van der Waals surface area (Å²) in [6, 6.07) is 0.971. The van der Waals surface area contributed by atoms with Gasteiger partial charge in [0.15, 0.2) is 0 Å². The number of hydrogen-bond donors (Lipinski definition) is 2. The molecule has 0 amide bonds. The van der Waals surface area contributed by atoms with Crippen molar-refractivity contribution in [2.75, 3.05) is 5.73 Å². The van der Waals surface area contributed by atoms with E-state index >= 15 is 0 Å². The van der Waals surface area contributed by atoms with Gasteiger partial charge in [0.25, 0.3) is 5.56 Å². The van der Waals surface area contributed by atoms with Crippen molar-refractivity contribution in [3.8, 4) is 0 Å². The van der Waals surface area contributed by atoms with Gasteiger partial charge in [0.05, 0.1) is 0 Å². The summed E-state index contributed by atoms with van der Waals surface area (Å²) in [5.41, 5.74) is 4.47. The molecule has 5 heteroatoms. The van der Waals surface area contributed by atoms with Crippen molar-refractivity contribution >= 4 is 18.1 Å². The summed E-state index contributed by atoms with van der Waals surface area (Å²) in [5, 5.41) is 0. The van der Waals surface area contributed by atoms with Crippen LogP contribution in [0.5, 0.6) is 0 Å². The standard InChI is InChI=1S/C5H5FN2O.ClH/c6-3-1-4(7)5(9)8-2-3;/h1-2H,7H2,(H,8,9);1H. The van der Waals surface area contributed by atoms with Crippen LogP contribution in [-0.2, 0) is 0 Å². The molecule has 1 aromatic heterocycles. The van der Waals surface area contributed by atoms with Crippen LogP contribution < -0.4 is 11.3 Å². The van der Waals surface area contributed by atoms with Gasteiger partial charge in [0.1, 0.15) is 11.5 Å². The molecular weight excluding hydrogens is 159 g/mol. The van der Waals surface area contributed by atoms with Crippen LogP contribution in [0.15, 0.2) is 17.1 Å². The molecule has 0 fully saturated rings. The van der Waals surface area contributed by atoms with E-state index in [4.69, 9.17) is 5.73 Å². The summed E-state index contributed by atoms with van der Waals surface area (Å²) < 4.78 is 12.1. The van der Waals surface area contributed by atoms with Crippen molar-refractivity contribution in [3.05, 3.63) is 28.4 Å². The Morgan fingerprint density at radius 3 is 2.60 bits per heavy atom. The number of hydrogen-bond acceptors (Lipinski definition) is 2. The lowest BCUT2D eigenvalue weighted by Crippen LogP contribution is -2.10. The maximum atomic E-state index is 12.1. The molecule has 0 aliphatic rings. The number of nitrogens with one attached hydrogen (secondary N) is 1. The fourth-order valence-electron chi connectivity index (χ4n) is 0.474. The fourth-order valence-corrected chi connectivity index (χ4v) is 0.474. The van der Waals surface area contributed by atoms with E-state index in [2.05, 4.69) is 4.98 Å². The summed E-state index contributed by atoms with van der Waals surface area (Å²) >= 11 is 0. The van der Waals surface area contributed by atoms with Crippen molar-refractivity contribution < 1.29 is 4.39 Å². The highest BCUT2D eigenvalue weighted by molar-refractivity contribution is 5.85. The van der Waals surface area contributed by atoms with Crippen LogP contribution >= 0.6 is 12.4 Å². The zero-order chi connectivity index (χ0) is 6.85. The number of nitrogens with two attached hydrogens (primary N) is 1. The molecule has 0 aromatic carbocycles. The zero-order valence-electron chi connectivity index (χ0n) is 4.93. The largest absolute Gasteiger partial charge is 0.394 e. The van der Waals surface area contributed by atoms with E-state index in [1.54, 1.807) is 0 Å². The normalized spacial score (nSPS) is 8.50. The third-order valence-corrected chi connectivity index (χ3v) is 0.897. The second-order valence-corrected chi connectivity index (χ2v) is 1.60. The summed E-state index contributed by atoms with van der Waals surface area (Å²) in [6.07, 6.45) is 0.957. The van der Waals surface area contributed by atoms with Gasteiger partial charge in [0.2, 0.25) is 0 Å². The van der Waals surface area contributed by atoms with E-state index in [-0.39, 0.29) is 18.1 Å². The molecule has 0 aliphatic heterocycles. The van der Waals surface area contributed by atoms with E-state index < -0.39 is 11.4 Å². The number of H-pyrrole nitrogens is 1. The van der Waals surface area contributed by atoms with Crippen molar-refractivity contribution in [3.63, 3.8) is 0 Å². The van der Waals surface area contributed by atoms with Crippen LogP contribution in [0, 0.1) is 5.82 Å². The molecule has 0 radical (unpaired) electrons. The highest BCUT2D eigenvalue weighted by Gasteiger charge is 1.93. The van der Waals surface area contributed by atoms with Gasteiger partial charge in [-0.2, -0.15) is 0 Å². The van der Waals surface area contributed by atoms with Gasteiger partial charge in [-0.25, -0.2) is 4.39 Å². The number of nitrogen functional groups attached to an aromatic ring is 1. The molecule has 0 saturated heterocycles. The minimum Gasteiger partial charge on any atom is -0.394 e. The third kappa shape index (κ3) is 1.73. The second-order valence-electron chi connectivity index (χ2n) is 1.60. The molecule has 10 heavy (non-hydrogen) atoms. The van der Waals surface area contributed by atoms with Crippen molar-refractivity contribution in [2.24, 2.45) is 0 Å². The van der Waals surface area contributed by atoms with E-state index in [1.807, 2.05) is 0 Å². The number of pyridine rings is 1. The highest BCUT2D eigenvalue weighted by atomic mass is 35.5. The molecule has 1 heterocycles. The predicted molar refractivity (Wildman–Crippen MR) is 38.7 cm³/mol. The Balaban J connectivity index is 0.000000810. The molecule has 0 aliphatic carbocycles. The predicted octanol–water partition coefficient (Wildman–Crippen LogP) is 0.518. The van der Waals surface area contributed by atoms with Crippen LogP contribution in [0.3, 0.4) is 0 Å². The molecule has 1 aromatic rings. The van der Waals surface area contributed by atoms with Crippen LogP contribution in [-0.4, -0.2) is 4.98 Å². The minimum atomic E-state index is -0.535. The Morgan fingerprint density at radius 1 is 1.60 bits per heavy atom. The number of aromatic amines is 1. The zero-order valence-corrected chi connectivity index (χ0v) is 5.74. The molecule has 0 bridgehead atoms. The number of anilines is 1. The fraction of sp³-hybridized carbons (Fsp3) is 0. The van der Waals surface area contributed by atoms with Gasteiger partial charge in [0, 0.05) is 12.3 Å². The topological polar surface area (TPSA) is 58.9 Å². The Kier molecular flexibility index (Phi) is 2.89. The van der Waals surface area contributed by atoms with Crippen LogP contribution in [0.25, 0.3) is 0 Å². The molecule has 0 saturated carbocycles. The second kappa shape index (κ2) is 3.22. The lowest BCUT2D eigenvalue weighted by molar-refractivity contribution is 0.621. The third-order valence-electron chi connectivity index (χ3n) is 0.897. The molecule has 0 spiro atoms. The molecule has 3 N–H and O–H groups in total. The highest BCUT2D eigenvalue weighted by Crippen LogP contribution is 1.94. The van der Waals surface area contributed by atoms with Gasteiger partial charge in [-0.3, -0.25) is 4.79 Å². The summed E-state index contributed by atoms with van der Waals surface area (Å²) in [5.74, 6) is -0.535. The van der Waals surface area contributed by atoms with Gasteiger partial charge >= 0.3 is 0 Å². The molecule has 0 atom stereocenters. The van der Waals surface area contributed by atoms with E-state index in [9.17, 15) is 9.18 Å². The van der Waals surface area contributed by atoms with E-state index in [0.29, 0.717) is 0 Å². The Labute approximate surface area is 62.5 Å². The van der Waals surface area contributed by atoms with Crippen molar-refractivity contribution in [1.82, 2.24) is 4.98 Å². The number of halogens is 2. The maximum Gasteiger partial charge on any atom is 0.271 e. The summed E-state index contributed by atoms with van der Waals surface area (Å²) in [4.78, 5) is 12.5. The Bertz CT molecular complexity index is 273. The Hall–Kier alpha value is -1.03. The first-order chi connectivity index (χ1) is 4.20. The van der Waals surface area contributed by atoms with Gasteiger partial charge < -0.3 is 10.7 Å². The van der Waals surface area contributed by atoms with Crippen LogP contribution in [0.4, 0.5) is 10.1 Å². The summed E-state index contributed by atoms with van der Waals surface area (Å²) in [6.45, 7) is 0. The van der Waals surface area contributed by atoms with Gasteiger partial charge in [-0.15, -0.1) is 12.4 Å². The van der Waals surface area contributed by atoms with Crippen molar-refractivity contribution in [2.45, 2.75) is 0 Å². The van der Waals surface area contributed by atoms with E-state index in [1.165, 1.54) is 0 Å². The first kappa shape index (κ1) is 8.97. The maximum absolute atomic E-state index is 12.1. The summed E-state index contributed by atoms with van der Waals surface area (Å²) in [7, 11) is 0. The first-order valence-electron chi connectivity index (χ1n) is 2.34. The SMILES string of the molecule is Cl.Nc1cc(F)c[nH]c1=O. The number of aromatic nitrogens is 1. The lowest BCUT2D eigenvalue weighted by Gasteiger charge is -1.88. The quantitative estimate of drug-likeness (QED) is 0.587. The van der Waals surface area contributed by atoms with Gasteiger partial charge in [-0.1, -0.05) is 0 Å². The molecule has 1 rings (SSSR count). The smallest absolute Gasteiger partial charge is 0.271 e. The average Bonchev–Trinajstić information content (AvgIpc) is 1.80. The van der Waals surface area contributed by atoms with Crippen molar-refractivity contribution in [1.29, 1.82) is 0 Å². The molecule has 56 valence electrons. The monoisotopic (exact) mass is 164 g/mol. The molecule has 0 unspecified atom stereocenters. The number of rotatable bonds is 0. The minimum absolute atomic E-state index is 0. The van der Waals surface area contributed by atoms with E-state index in [0.717, 1.165) is 12.3 Å². The average molecular weight is 165 g/mol. The molecular formula is C5H6ClFN2O.